The Morgan fingerprint density at radius 3 is 2.83 bits per heavy atom. The molecule has 0 aromatic heterocycles. The molecular formula is C13H18BrNO2S. The topological polar surface area (TPSA) is 46.2 Å². The molecule has 1 aromatic carbocycles. The van der Waals surface area contributed by atoms with Gasteiger partial charge in [0.1, 0.15) is 0 Å². The van der Waals surface area contributed by atoms with Crippen LogP contribution in [0.1, 0.15) is 26.2 Å². The zero-order valence-electron chi connectivity index (χ0n) is 10.4. The molecule has 3 nitrogen and oxygen atoms in total. The Morgan fingerprint density at radius 2 is 2.17 bits per heavy atom. The van der Waals surface area contributed by atoms with Gasteiger partial charge in [-0.3, -0.25) is 0 Å². The Kier molecular flexibility index (Phi) is 4.45. The summed E-state index contributed by atoms with van der Waals surface area (Å²) in [5, 5.41) is 3.01. The summed E-state index contributed by atoms with van der Waals surface area (Å²) in [6, 6.07) is 7.08. The molecule has 1 aliphatic rings. The van der Waals surface area contributed by atoms with Gasteiger partial charge in [-0.2, -0.15) is 0 Å². The summed E-state index contributed by atoms with van der Waals surface area (Å²) in [5.41, 5.74) is 0. The van der Waals surface area contributed by atoms with Gasteiger partial charge in [0.05, 0.1) is 10.1 Å². The zero-order valence-corrected chi connectivity index (χ0v) is 12.8. The predicted octanol–water partition coefficient (Wildman–Crippen LogP) is 2.75. The molecule has 0 bridgehead atoms. The molecule has 0 saturated heterocycles. The van der Waals surface area contributed by atoms with Crippen molar-refractivity contribution in [2.45, 2.75) is 42.4 Å². The van der Waals surface area contributed by atoms with Crippen LogP contribution in [-0.4, -0.2) is 26.3 Å². The number of sulfone groups is 1. The lowest BCUT2D eigenvalue weighted by Crippen LogP contribution is -2.40. The minimum absolute atomic E-state index is 0.0963. The van der Waals surface area contributed by atoms with Crippen LogP contribution in [0.4, 0.5) is 0 Å². The maximum atomic E-state index is 12.6. The maximum absolute atomic E-state index is 12.6. The Balaban J connectivity index is 2.30. The Labute approximate surface area is 117 Å². The van der Waals surface area contributed by atoms with Crippen LogP contribution in [0.3, 0.4) is 0 Å². The summed E-state index contributed by atoms with van der Waals surface area (Å²) in [7, 11) is -3.23. The monoisotopic (exact) mass is 331 g/mol. The van der Waals surface area contributed by atoms with E-state index in [-0.39, 0.29) is 11.3 Å². The van der Waals surface area contributed by atoms with Crippen molar-refractivity contribution in [1.82, 2.24) is 5.32 Å². The third-order valence-corrected chi connectivity index (χ3v) is 6.21. The van der Waals surface area contributed by atoms with E-state index >= 15 is 0 Å². The summed E-state index contributed by atoms with van der Waals surface area (Å²) in [4.78, 5) is 0.423. The van der Waals surface area contributed by atoms with Crippen molar-refractivity contribution < 1.29 is 8.42 Å². The predicted molar refractivity (Wildman–Crippen MR) is 76.4 cm³/mol. The van der Waals surface area contributed by atoms with Crippen LogP contribution in [0.5, 0.6) is 0 Å². The molecule has 1 aromatic rings. The standard InChI is InChI=1S/C13H18BrNO2S/c1-2-15-12-7-4-8-13(12)18(16,17)11-6-3-5-10(14)9-11/h3,5-6,9,12-13,15H,2,4,7-8H2,1H3. The molecule has 1 saturated carbocycles. The Hall–Kier alpha value is -0.390. The van der Waals surface area contributed by atoms with E-state index in [0.717, 1.165) is 30.3 Å². The molecule has 5 heteroatoms. The van der Waals surface area contributed by atoms with Crippen molar-refractivity contribution in [1.29, 1.82) is 0 Å². The van der Waals surface area contributed by atoms with Crippen LogP contribution in [0.2, 0.25) is 0 Å². The average Bonchev–Trinajstić information content (AvgIpc) is 2.78. The van der Waals surface area contributed by atoms with Gasteiger partial charge in [0.25, 0.3) is 0 Å². The Morgan fingerprint density at radius 1 is 1.39 bits per heavy atom. The first-order valence-corrected chi connectivity index (χ1v) is 8.62. The van der Waals surface area contributed by atoms with Gasteiger partial charge in [0, 0.05) is 10.5 Å². The van der Waals surface area contributed by atoms with Crippen molar-refractivity contribution in [3.05, 3.63) is 28.7 Å². The van der Waals surface area contributed by atoms with Crippen LogP contribution in [0.25, 0.3) is 0 Å². The molecular weight excluding hydrogens is 314 g/mol. The minimum atomic E-state index is -3.23. The smallest absolute Gasteiger partial charge is 0.182 e. The maximum Gasteiger partial charge on any atom is 0.182 e. The molecule has 0 aliphatic heterocycles. The summed E-state index contributed by atoms with van der Waals surface area (Å²) in [6.07, 6.45) is 2.69. The molecule has 18 heavy (non-hydrogen) atoms. The van der Waals surface area contributed by atoms with Crippen LogP contribution in [-0.2, 0) is 9.84 Å². The fraction of sp³-hybridized carbons (Fsp3) is 0.538. The van der Waals surface area contributed by atoms with Crippen molar-refractivity contribution in [3.63, 3.8) is 0 Å². The van der Waals surface area contributed by atoms with Crippen LogP contribution >= 0.6 is 15.9 Å². The quantitative estimate of drug-likeness (QED) is 0.922. The van der Waals surface area contributed by atoms with E-state index in [1.54, 1.807) is 18.2 Å². The molecule has 0 spiro atoms. The summed E-state index contributed by atoms with van der Waals surface area (Å²) < 4.78 is 26.0. The molecule has 0 amide bonds. The number of halogens is 1. The van der Waals surface area contributed by atoms with Gasteiger partial charge in [-0.25, -0.2) is 8.42 Å². The summed E-state index contributed by atoms with van der Waals surface area (Å²) in [6.45, 7) is 2.83. The third-order valence-electron chi connectivity index (χ3n) is 3.44. The molecule has 1 N–H and O–H groups in total. The highest BCUT2D eigenvalue weighted by atomic mass is 79.9. The molecule has 0 radical (unpaired) electrons. The minimum Gasteiger partial charge on any atom is -0.313 e. The van der Waals surface area contributed by atoms with Crippen LogP contribution < -0.4 is 5.32 Å². The fourth-order valence-corrected chi connectivity index (χ4v) is 5.21. The van der Waals surface area contributed by atoms with Gasteiger partial charge in [-0.15, -0.1) is 0 Å². The van der Waals surface area contributed by atoms with E-state index in [0.29, 0.717) is 4.90 Å². The molecule has 2 rings (SSSR count). The number of hydrogen-bond acceptors (Lipinski definition) is 3. The number of rotatable bonds is 4. The van der Waals surface area contributed by atoms with Crippen molar-refractivity contribution in [3.8, 4) is 0 Å². The normalized spacial score (nSPS) is 24.3. The average molecular weight is 332 g/mol. The second-order valence-electron chi connectivity index (χ2n) is 4.64. The van der Waals surface area contributed by atoms with Crippen LogP contribution in [0, 0.1) is 0 Å². The molecule has 2 unspecified atom stereocenters. The molecule has 0 heterocycles. The van der Waals surface area contributed by atoms with Gasteiger partial charge in [0.15, 0.2) is 9.84 Å². The van der Waals surface area contributed by atoms with E-state index in [1.165, 1.54) is 0 Å². The van der Waals surface area contributed by atoms with Crippen LogP contribution in [0.15, 0.2) is 33.6 Å². The molecule has 1 fully saturated rings. The number of benzene rings is 1. The first-order chi connectivity index (χ1) is 8.55. The highest BCUT2D eigenvalue weighted by Crippen LogP contribution is 2.31. The van der Waals surface area contributed by atoms with E-state index in [4.69, 9.17) is 0 Å². The van der Waals surface area contributed by atoms with E-state index in [1.807, 2.05) is 13.0 Å². The van der Waals surface area contributed by atoms with Gasteiger partial charge >= 0.3 is 0 Å². The molecule has 100 valence electrons. The second-order valence-corrected chi connectivity index (χ2v) is 7.72. The van der Waals surface area contributed by atoms with Gasteiger partial charge in [-0.05, 0) is 37.6 Å². The highest BCUT2D eigenvalue weighted by Gasteiger charge is 2.37. The van der Waals surface area contributed by atoms with E-state index < -0.39 is 9.84 Å². The summed E-state index contributed by atoms with van der Waals surface area (Å²) >= 11 is 3.33. The largest absolute Gasteiger partial charge is 0.313 e. The van der Waals surface area contributed by atoms with E-state index in [2.05, 4.69) is 21.2 Å². The zero-order chi connectivity index (χ0) is 13.2. The summed E-state index contributed by atoms with van der Waals surface area (Å²) in [5.74, 6) is 0. The van der Waals surface area contributed by atoms with Gasteiger partial charge in [-0.1, -0.05) is 35.3 Å². The highest BCUT2D eigenvalue weighted by molar-refractivity contribution is 9.10. The lowest BCUT2D eigenvalue weighted by Gasteiger charge is -2.20. The lowest BCUT2D eigenvalue weighted by atomic mass is 10.2. The lowest BCUT2D eigenvalue weighted by molar-refractivity contribution is 0.517. The van der Waals surface area contributed by atoms with Crippen molar-refractivity contribution >= 4 is 25.8 Å². The molecule has 2 atom stereocenters. The third kappa shape index (κ3) is 2.78. The van der Waals surface area contributed by atoms with Gasteiger partial charge in [0.2, 0.25) is 0 Å². The molecule has 1 aliphatic carbocycles. The van der Waals surface area contributed by atoms with Gasteiger partial charge < -0.3 is 5.32 Å². The Bertz CT molecular complexity index is 515. The first kappa shape index (κ1) is 14.0. The number of hydrogen-bond donors (Lipinski definition) is 1. The second kappa shape index (κ2) is 5.72. The van der Waals surface area contributed by atoms with Crippen molar-refractivity contribution in [2.24, 2.45) is 0 Å². The fourth-order valence-electron chi connectivity index (χ4n) is 2.61. The van der Waals surface area contributed by atoms with E-state index in [9.17, 15) is 8.42 Å². The van der Waals surface area contributed by atoms with Crippen molar-refractivity contribution in [2.75, 3.05) is 6.54 Å². The first-order valence-electron chi connectivity index (χ1n) is 6.28. The number of nitrogens with one attached hydrogen (secondary N) is 1. The SMILES string of the molecule is CCNC1CCCC1S(=O)(=O)c1cccc(Br)c1.